The average molecular weight is 283 g/mol. The summed E-state index contributed by atoms with van der Waals surface area (Å²) >= 11 is 0. The van der Waals surface area contributed by atoms with Crippen molar-refractivity contribution in [1.82, 2.24) is 5.32 Å². The minimum Gasteiger partial charge on any atom is -0.349 e. The van der Waals surface area contributed by atoms with E-state index in [2.05, 4.69) is 5.32 Å². The van der Waals surface area contributed by atoms with Gasteiger partial charge in [0.25, 0.3) is 0 Å². The van der Waals surface area contributed by atoms with Crippen LogP contribution in [0.4, 0.5) is 4.39 Å². The lowest BCUT2D eigenvalue weighted by Gasteiger charge is -2.20. The van der Waals surface area contributed by atoms with Crippen LogP contribution in [0.15, 0.2) is 54.6 Å². The van der Waals surface area contributed by atoms with Crippen LogP contribution in [0.2, 0.25) is 0 Å². The molecule has 3 heteroatoms. The predicted molar refractivity (Wildman–Crippen MR) is 80.3 cm³/mol. The van der Waals surface area contributed by atoms with E-state index >= 15 is 0 Å². The first-order chi connectivity index (χ1) is 10.1. The number of carbonyl (C=O) groups excluding carboxylic acids is 1. The number of rotatable bonds is 4. The Kier molecular flexibility index (Phi) is 3.50. The summed E-state index contributed by atoms with van der Waals surface area (Å²) in [6.07, 6.45) is 1.42. The van der Waals surface area contributed by atoms with Crippen molar-refractivity contribution in [3.05, 3.63) is 71.5 Å². The van der Waals surface area contributed by atoms with Gasteiger partial charge in [0, 0.05) is 5.56 Å². The van der Waals surface area contributed by atoms with Crippen molar-refractivity contribution in [1.29, 1.82) is 0 Å². The number of benzene rings is 2. The first-order valence-corrected chi connectivity index (χ1v) is 7.24. The summed E-state index contributed by atoms with van der Waals surface area (Å²) < 4.78 is 14.0. The highest BCUT2D eigenvalue weighted by atomic mass is 19.1. The van der Waals surface area contributed by atoms with Crippen LogP contribution in [0.3, 0.4) is 0 Å². The summed E-state index contributed by atoms with van der Waals surface area (Å²) in [5.74, 6) is -0.374. The van der Waals surface area contributed by atoms with Gasteiger partial charge in [0.2, 0.25) is 5.91 Å². The van der Waals surface area contributed by atoms with Gasteiger partial charge in [-0.05, 0) is 31.4 Å². The molecule has 2 aromatic rings. The molecule has 2 aromatic carbocycles. The molecule has 21 heavy (non-hydrogen) atoms. The number of nitrogens with one attached hydrogen (secondary N) is 1. The zero-order valence-electron chi connectivity index (χ0n) is 12.0. The second-order valence-electron chi connectivity index (χ2n) is 5.67. The second-order valence-corrected chi connectivity index (χ2v) is 5.67. The maximum Gasteiger partial charge on any atom is 0.231 e. The highest BCUT2D eigenvalue weighted by Gasteiger charge is 2.52. The Labute approximate surface area is 124 Å². The van der Waals surface area contributed by atoms with E-state index in [4.69, 9.17) is 0 Å². The number of carbonyl (C=O) groups is 1. The lowest BCUT2D eigenvalue weighted by molar-refractivity contribution is -0.124. The molecule has 0 spiro atoms. The molecule has 1 amide bonds. The van der Waals surface area contributed by atoms with E-state index in [-0.39, 0.29) is 17.8 Å². The van der Waals surface area contributed by atoms with Gasteiger partial charge in [-0.15, -0.1) is 0 Å². The fourth-order valence-electron chi connectivity index (χ4n) is 2.75. The smallest absolute Gasteiger partial charge is 0.231 e. The van der Waals surface area contributed by atoms with Gasteiger partial charge in [0.15, 0.2) is 0 Å². The first kappa shape index (κ1) is 13.8. The van der Waals surface area contributed by atoms with Crippen LogP contribution in [0, 0.1) is 5.82 Å². The number of halogens is 1. The largest absolute Gasteiger partial charge is 0.349 e. The fourth-order valence-corrected chi connectivity index (χ4v) is 2.75. The van der Waals surface area contributed by atoms with Crippen molar-refractivity contribution in [2.24, 2.45) is 0 Å². The van der Waals surface area contributed by atoms with Crippen LogP contribution in [-0.2, 0) is 10.2 Å². The van der Waals surface area contributed by atoms with Crippen LogP contribution in [0.25, 0.3) is 0 Å². The van der Waals surface area contributed by atoms with Gasteiger partial charge >= 0.3 is 0 Å². The summed E-state index contributed by atoms with van der Waals surface area (Å²) in [7, 11) is 0. The molecule has 0 unspecified atom stereocenters. The van der Waals surface area contributed by atoms with Crippen molar-refractivity contribution >= 4 is 5.91 Å². The Morgan fingerprint density at radius 1 is 1.10 bits per heavy atom. The summed E-state index contributed by atoms with van der Waals surface area (Å²) in [6.45, 7) is 1.95. The van der Waals surface area contributed by atoms with E-state index in [0.29, 0.717) is 18.4 Å². The van der Waals surface area contributed by atoms with E-state index in [1.165, 1.54) is 6.07 Å². The van der Waals surface area contributed by atoms with Crippen LogP contribution in [0.5, 0.6) is 0 Å². The van der Waals surface area contributed by atoms with Crippen molar-refractivity contribution in [3.63, 3.8) is 0 Å². The summed E-state index contributed by atoms with van der Waals surface area (Å²) in [6, 6.07) is 16.3. The van der Waals surface area contributed by atoms with E-state index in [1.54, 1.807) is 18.2 Å². The van der Waals surface area contributed by atoms with Gasteiger partial charge in [0.05, 0.1) is 11.5 Å². The summed E-state index contributed by atoms with van der Waals surface area (Å²) in [5, 5.41) is 3.02. The van der Waals surface area contributed by atoms with Crippen molar-refractivity contribution in [3.8, 4) is 0 Å². The molecule has 1 aliphatic carbocycles. The van der Waals surface area contributed by atoms with Gasteiger partial charge in [-0.1, -0.05) is 48.5 Å². The molecular formula is C18H18FNO. The number of amides is 1. The third kappa shape index (κ3) is 2.56. The Morgan fingerprint density at radius 3 is 2.33 bits per heavy atom. The summed E-state index contributed by atoms with van der Waals surface area (Å²) in [4.78, 5) is 12.6. The highest BCUT2D eigenvalue weighted by Crippen LogP contribution is 2.49. The molecule has 1 atom stereocenters. The SMILES string of the molecule is C[C@@H](NC(=O)C1(c2ccccc2F)CC1)c1ccccc1. The molecule has 0 saturated heterocycles. The molecule has 0 bridgehead atoms. The topological polar surface area (TPSA) is 29.1 Å². The van der Waals surface area contributed by atoms with Crippen molar-refractivity contribution < 1.29 is 9.18 Å². The molecule has 1 aliphatic rings. The summed E-state index contributed by atoms with van der Waals surface area (Å²) in [5.41, 5.74) is 0.895. The molecule has 1 N–H and O–H groups in total. The third-order valence-electron chi connectivity index (χ3n) is 4.22. The van der Waals surface area contributed by atoms with Crippen LogP contribution in [0.1, 0.15) is 36.9 Å². The standard InChI is InChI=1S/C18H18FNO/c1-13(14-7-3-2-4-8-14)20-17(21)18(11-12-18)15-9-5-6-10-16(15)19/h2-10,13H,11-12H2,1H3,(H,20,21)/t13-/m1/s1. The van der Waals surface area contributed by atoms with Gasteiger partial charge in [-0.25, -0.2) is 4.39 Å². The monoisotopic (exact) mass is 283 g/mol. The molecule has 3 rings (SSSR count). The third-order valence-corrected chi connectivity index (χ3v) is 4.22. The van der Waals surface area contributed by atoms with E-state index in [1.807, 2.05) is 37.3 Å². The number of hydrogen-bond acceptors (Lipinski definition) is 1. The lowest BCUT2D eigenvalue weighted by atomic mass is 9.93. The number of hydrogen-bond donors (Lipinski definition) is 1. The van der Waals surface area contributed by atoms with Crippen LogP contribution >= 0.6 is 0 Å². The Hall–Kier alpha value is -2.16. The molecule has 1 fully saturated rings. The van der Waals surface area contributed by atoms with Crippen molar-refractivity contribution in [2.45, 2.75) is 31.2 Å². The predicted octanol–water partition coefficient (Wildman–Crippen LogP) is 3.73. The molecule has 108 valence electrons. The molecule has 0 radical (unpaired) electrons. The quantitative estimate of drug-likeness (QED) is 0.910. The Morgan fingerprint density at radius 2 is 1.71 bits per heavy atom. The first-order valence-electron chi connectivity index (χ1n) is 7.24. The highest BCUT2D eigenvalue weighted by molar-refractivity contribution is 5.91. The second kappa shape index (κ2) is 5.32. The zero-order valence-corrected chi connectivity index (χ0v) is 12.0. The normalized spacial score (nSPS) is 17.0. The van der Waals surface area contributed by atoms with Crippen molar-refractivity contribution in [2.75, 3.05) is 0 Å². The van der Waals surface area contributed by atoms with Gasteiger partial charge in [-0.3, -0.25) is 4.79 Å². The Bertz CT molecular complexity index is 649. The molecule has 0 heterocycles. The van der Waals surface area contributed by atoms with Gasteiger partial charge in [0.1, 0.15) is 5.82 Å². The molecule has 0 aliphatic heterocycles. The average Bonchev–Trinajstić information content (AvgIpc) is 3.30. The molecular weight excluding hydrogens is 265 g/mol. The van der Waals surface area contributed by atoms with Crippen LogP contribution < -0.4 is 5.32 Å². The Balaban J connectivity index is 1.78. The van der Waals surface area contributed by atoms with Gasteiger partial charge < -0.3 is 5.32 Å². The maximum absolute atomic E-state index is 14.0. The van der Waals surface area contributed by atoms with E-state index in [0.717, 1.165) is 5.56 Å². The van der Waals surface area contributed by atoms with Crippen LogP contribution in [-0.4, -0.2) is 5.91 Å². The molecule has 1 saturated carbocycles. The molecule has 0 aromatic heterocycles. The maximum atomic E-state index is 14.0. The fraction of sp³-hybridized carbons (Fsp3) is 0.278. The lowest BCUT2D eigenvalue weighted by Crippen LogP contribution is -2.36. The minimum absolute atomic E-state index is 0.0797. The minimum atomic E-state index is -0.672. The van der Waals surface area contributed by atoms with Gasteiger partial charge in [-0.2, -0.15) is 0 Å². The zero-order chi connectivity index (χ0) is 14.9. The molecule has 2 nitrogen and oxygen atoms in total. The van der Waals surface area contributed by atoms with E-state index < -0.39 is 5.41 Å². The van der Waals surface area contributed by atoms with E-state index in [9.17, 15) is 9.18 Å².